The summed E-state index contributed by atoms with van der Waals surface area (Å²) in [6, 6.07) is 17.9. The van der Waals surface area contributed by atoms with Gasteiger partial charge in [0.2, 0.25) is 6.10 Å². The van der Waals surface area contributed by atoms with Gasteiger partial charge in [0.1, 0.15) is 4.88 Å². The molecule has 0 radical (unpaired) electrons. The van der Waals surface area contributed by atoms with E-state index in [1.807, 2.05) is 30.3 Å². The molecule has 2 aromatic carbocycles. The van der Waals surface area contributed by atoms with E-state index in [2.05, 4.69) is 5.32 Å². The molecule has 1 heterocycles. The molecule has 0 aliphatic heterocycles. The largest absolute Gasteiger partial charge is 0.493 e. The van der Waals surface area contributed by atoms with Gasteiger partial charge < -0.3 is 19.5 Å². The summed E-state index contributed by atoms with van der Waals surface area (Å²) in [5.41, 5.74) is 1.43. The minimum absolute atomic E-state index is 0.319. The highest BCUT2D eigenvalue weighted by Gasteiger charge is 2.27. The highest BCUT2D eigenvalue weighted by molar-refractivity contribution is 7.11. The summed E-state index contributed by atoms with van der Waals surface area (Å²) in [6.07, 6.45) is -1.13. The molecule has 0 fully saturated rings. The summed E-state index contributed by atoms with van der Waals surface area (Å²) >= 11 is 1.25. The summed E-state index contributed by atoms with van der Waals surface area (Å²) in [7, 11) is 3.03. The van der Waals surface area contributed by atoms with Gasteiger partial charge in [-0.2, -0.15) is 0 Å². The predicted octanol–water partition coefficient (Wildman–Crippen LogP) is 3.98. The number of hydrogen-bond acceptors (Lipinski definition) is 6. The normalized spacial score (nSPS) is 11.4. The first-order valence-electron chi connectivity index (χ1n) is 8.90. The Labute approximate surface area is 173 Å². The number of hydrogen-bond donors (Lipinski definition) is 1. The molecular weight excluding hydrogens is 390 g/mol. The molecule has 0 saturated carbocycles. The van der Waals surface area contributed by atoms with E-state index in [9.17, 15) is 9.59 Å². The van der Waals surface area contributed by atoms with E-state index in [0.29, 0.717) is 28.5 Å². The van der Waals surface area contributed by atoms with Gasteiger partial charge in [0.05, 0.1) is 14.2 Å². The van der Waals surface area contributed by atoms with Crippen molar-refractivity contribution in [2.45, 2.75) is 12.6 Å². The van der Waals surface area contributed by atoms with Crippen LogP contribution in [0, 0.1) is 0 Å². The number of ether oxygens (including phenoxy) is 3. The van der Waals surface area contributed by atoms with Crippen LogP contribution in [0.4, 0.5) is 0 Å². The maximum absolute atomic E-state index is 12.9. The fourth-order valence-corrected chi connectivity index (χ4v) is 3.33. The Morgan fingerprint density at radius 3 is 2.38 bits per heavy atom. The van der Waals surface area contributed by atoms with Gasteiger partial charge in [-0.05, 0) is 29.1 Å². The highest BCUT2D eigenvalue weighted by Crippen LogP contribution is 2.32. The van der Waals surface area contributed by atoms with E-state index in [0.717, 1.165) is 5.56 Å². The third-order valence-corrected chi connectivity index (χ3v) is 5.06. The lowest BCUT2D eigenvalue weighted by Gasteiger charge is -2.19. The lowest BCUT2D eigenvalue weighted by molar-refractivity contribution is -0.130. The van der Waals surface area contributed by atoms with Crippen LogP contribution in [-0.2, 0) is 16.1 Å². The van der Waals surface area contributed by atoms with Crippen LogP contribution in [0.5, 0.6) is 11.5 Å². The Balaban J connectivity index is 1.84. The Bertz CT molecular complexity index is 957. The van der Waals surface area contributed by atoms with Gasteiger partial charge in [-0.3, -0.25) is 4.79 Å². The maximum Gasteiger partial charge on any atom is 0.349 e. The van der Waals surface area contributed by atoms with Gasteiger partial charge >= 0.3 is 5.97 Å². The summed E-state index contributed by atoms with van der Waals surface area (Å²) in [6.45, 7) is 0.319. The summed E-state index contributed by atoms with van der Waals surface area (Å²) < 4.78 is 16.1. The molecule has 0 spiro atoms. The van der Waals surface area contributed by atoms with Gasteiger partial charge in [-0.15, -0.1) is 11.3 Å². The molecule has 7 heteroatoms. The second-order valence-corrected chi connectivity index (χ2v) is 7.03. The van der Waals surface area contributed by atoms with Crippen LogP contribution in [-0.4, -0.2) is 26.1 Å². The molecule has 0 saturated heterocycles. The third-order valence-electron chi connectivity index (χ3n) is 4.21. The topological polar surface area (TPSA) is 73.9 Å². The zero-order valence-electron chi connectivity index (χ0n) is 16.1. The van der Waals surface area contributed by atoms with Crippen molar-refractivity contribution in [1.29, 1.82) is 0 Å². The number of carbonyl (C=O) groups is 2. The van der Waals surface area contributed by atoms with Crippen molar-refractivity contribution in [1.82, 2.24) is 5.32 Å². The average Bonchev–Trinajstić information content (AvgIpc) is 3.31. The first-order valence-corrected chi connectivity index (χ1v) is 9.78. The van der Waals surface area contributed by atoms with Crippen LogP contribution in [0.15, 0.2) is 66.0 Å². The molecular formula is C22H21NO5S. The smallest absolute Gasteiger partial charge is 0.349 e. The zero-order valence-corrected chi connectivity index (χ0v) is 16.9. The monoisotopic (exact) mass is 411 g/mol. The standard InChI is InChI=1S/C22H21NO5S/c1-26-17-11-10-16(13-18(17)27-2)20(28-22(25)19-9-6-12-29-19)21(24)23-14-15-7-4-3-5-8-15/h3-13,20H,14H2,1-2H3,(H,23,24). The second-order valence-electron chi connectivity index (χ2n) is 6.08. The third kappa shape index (κ3) is 5.14. The van der Waals surface area contributed by atoms with Crippen molar-refractivity contribution < 1.29 is 23.8 Å². The quantitative estimate of drug-likeness (QED) is 0.568. The highest BCUT2D eigenvalue weighted by atomic mass is 32.1. The van der Waals surface area contributed by atoms with Gasteiger partial charge in [-0.25, -0.2) is 4.79 Å². The minimum Gasteiger partial charge on any atom is -0.493 e. The fraction of sp³-hybridized carbons (Fsp3) is 0.182. The van der Waals surface area contributed by atoms with Gasteiger partial charge in [-0.1, -0.05) is 42.5 Å². The van der Waals surface area contributed by atoms with Crippen molar-refractivity contribution in [2.24, 2.45) is 0 Å². The molecule has 6 nitrogen and oxygen atoms in total. The maximum atomic E-state index is 12.9. The van der Waals surface area contributed by atoms with Gasteiger partial charge in [0, 0.05) is 12.1 Å². The molecule has 150 valence electrons. The number of carbonyl (C=O) groups excluding carboxylic acids is 2. The van der Waals surface area contributed by atoms with E-state index < -0.39 is 18.0 Å². The average molecular weight is 411 g/mol. The van der Waals surface area contributed by atoms with Crippen molar-refractivity contribution >= 4 is 23.2 Å². The predicted molar refractivity (Wildman–Crippen MR) is 110 cm³/mol. The van der Waals surface area contributed by atoms with Crippen molar-refractivity contribution in [3.05, 3.63) is 82.0 Å². The molecule has 0 aliphatic rings. The molecule has 3 aromatic rings. The lowest BCUT2D eigenvalue weighted by Crippen LogP contribution is -2.31. The van der Waals surface area contributed by atoms with Crippen molar-refractivity contribution in [3.63, 3.8) is 0 Å². The molecule has 0 aliphatic carbocycles. The Morgan fingerprint density at radius 1 is 0.966 bits per heavy atom. The van der Waals surface area contributed by atoms with Crippen LogP contribution < -0.4 is 14.8 Å². The van der Waals surface area contributed by atoms with E-state index in [-0.39, 0.29) is 0 Å². The van der Waals surface area contributed by atoms with Crippen LogP contribution in [0.3, 0.4) is 0 Å². The number of esters is 1. The summed E-state index contributed by atoms with van der Waals surface area (Å²) in [5.74, 6) is -0.0251. The van der Waals surface area contributed by atoms with E-state index in [1.54, 1.807) is 35.7 Å². The van der Waals surface area contributed by atoms with E-state index >= 15 is 0 Å². The molecule has 1 aromatic heterocycles. The van der Waals surface area contributed by atoms with Crippen LogP contribution >= 0.6 is 11.3 Å². The number of nitrogens with one attached hydrogen (secondary N) is 1. The summed E-state index contributed by atoms with van der Waals surface area (Å²) in [5, 5.41) is 4.60. The number of thiophene rings is 1. The number of amides is 1. The molecule has 3 rings (SSSR count). The number of rotatable bonds is 8. The first-order chi connectivity index (χ1) is 14.1. The second kappa shape index (κ2) is 9.75. The lowest BCUT2D eigenvalue weighted by atomic mass is 10.1. The van der Waals surface area contributed by atoms with Crippen molar-refractivity contribution in [2.75, 3.05) is 14.2 Å². The molecule has 1 amide bonds. The Morgan fingerprint density at radius 2 is 1.72 bits per heavy atom. The van der Waals surface area contributed by atoms with E-state index in [1.165, 1.54) is 25.6 Å². The number of methoxy groups -OCH3 is 2. The SMILES string of the molecule is COc1ccc(C(OC(=O)c2cccs2)C(=O)NCc2ccccc2)cc1OC. The summed E-state index contributed by atoms with van der Waals surface area (Å²) in [4.78, 5) is 25.8. The Kier molecular flexibility index (Phi) is 6.86. The van der Waals surface area contributed by atoms with Crippen molar-refractivity contribution in [3.8, 4) is 11.5 Å². The molecule has 0 bridgehead atoms. The fourth-order valence-electron chi connectivity index (χ4n) is 2.73. The minimum atomic E-state index is -1.13. The Hall–Kier alpha value is -3.32. The molecule has 1 unspecified atom stereocenters. The van der Waals surface area contributed by atoms with Gasteiger partial charge in [0.15, 0.2) is 11.5 Å². The zero-order chi connectivity index (χ0) is 20.6. The van der Waals surface area contributed by atoms with Crippen LogP contribution in [0.2, 0.25) is 0 Å². The van der Waals surface area contributed by atoms with Crippen LogP contribution in [0.1, 0.15) is 26.9 Å². The first kappa shape index (κ1) is 20.4. The van der Waals surface area contributed by atoms with Crippen LogP contribution in [0.25, 0.3) is 0 Å². The molecule has 1 atom stereocenters. The molecule has 1 N–H and O–H groups in total. The van der Waals surface area contributed by atoms with Gasteiger partial charge in [0.25, 0.3) is 5.91 Å². The van der Waals surface area contributed by atoms with E-state index in [4.69, 9.17) is 14.2 Å². The number of benzene rings is 2. The molecule has 29 heavy (non-hydrogen) atoms.